The minimum absolute atomic E-state index is 0.127. The van der Waals surface area contributed by atoms with E-state index < -0.39 is 49.1 Å². The molecule has 154 valence electrons. The monoisotopic (exact) mass is 412 g/mol. The molecule has 4 nitrogen and oxygen atoms in total. The van der Waals surface area contributed by atoms with E-state index in [1.165, 1.54) is 0 Å². The Hall–Kier alpha value is -1.68. The summed E-state index contributed by atoms with van der Waals surface area (Å²) < 4.78 is 66.2. The number of hydrogen-bond donors (Lipinski definition) is 3. The normalized spacial score (nSPS) is 12.0. The highest BCUT2D eigenvalue weighted by atomic mass is 28.4. The van der Waals surface area contributed by atoms with Crippen molar-refractivity contribution in [2.24, 2.45) is 0 Å². The van der Waals surface area contributed by atoms with Crippen LogP contribution in [-0.2, 0) is 0 Å². The molecule has 27 heavy (non-hydrogen) atoms. The van der Waals surface area contributed by atoms with Gasteiger partial charge in [-0.3, -0.25) is 0 Å². The van der Waals surface area contributed by atoms with Crippen molar-refractivity contribution in [3.8, 4) is 0 Å². The van der Waals surface area contributed by atoms with E-state index in [0.717, 1.165) is 0 Å². The van der Waals surface area contributed by atoms with Gasteiger partial charge in [-0.1, -0.05) is 34.1 Å². The summed E-state index contributed by atoms with van der Waals surface area (Å²) in [5.74, 6) is -10.8. The Balaban J connectivity index is 2.57. The van der Waals surface area contributed by atoms with Crippen LogP contribution in [0.5, 0.6) is 0 Å². The fourth-order valence-electron chi connectivity index (χ4n) is 2.85. The molecule has 0 radical (unpaired) electrons. The Labute approximate surface area is 156 Å². The Morgan fingerprint density at radius 1 is 0.889 bits per heavy atom. The summed E-state index contributed by atoms with van der Waals surface area (Å²) in [5, 5.41) is 3.94. The molecule has 10 heteroatoms. The molecule has 1 aromatic rings. The molecule has 0 unspecified atom stereocenters. The minimum Gasteiger partial charge on any atom is -0.431 e. The first-order valence-electron chi connectivity index (χ1n) is 8.72. The van der Waals surface area contributed by atoms with Crippen molar-refractivity contribution in [3.05, 3.63) is 29.1 Å². The van der Waals surface area contributed by atoms with Crippen molar-refractivity contribution < 1.29 is 31.5 Å². The molecular formula is C17H25F5N2O2Si. The van der Waals surface area contributed by atoms with Crippen molar-refractivity contribution in [3.63, 3.8) is 0 Å². The van der Waals surface area contributed by atoms with Gasteiger partial charge in [0.1, 0.15) is 5.69 Å². The van der Waals surface area contributed by atoms with Gasteiger partial charge in [0.05, 0.1) is 0 Å². The average molecular weight is 412 g/mol. The van der Waals surface area contributed by atoms with Gasteiger partial charge in [-0.25, -0.2) is 26.7 Å². The van der Waals surface area contributed by atoms with Crippen LogP contribution in [0, 0.1) is 29.1 Å². The second-order valence-electron chi connectivity index (χ2n) is 7.08. The molecule has 0 aromatic heterocycles. The van der Waals surface area contributed by atoms with Crippen molar-refractivity contribution in [1.29, 1.82) is 0 Å². The van der Waals surface area contributed by atoms with Gasteiger partial charge in [0, 0.05) is 6.54 Å². The van der Waals surface area contributed by atoms with E-state index in [-0.39, 0.29) is 17.6 Å². The predicted octanol–water partition coefficient (Wildman–Crippen LogP) is 5.04. The molecule has 3 N–H and O–H groups in total. The second-order valence-corrected chi connectivity index (χ2v) is 11.9. The van der Waals surface area contributed by atoms with Gasteiger partial charge < -0.3 is 15.4 Å². The van der Waals surface area contributed by atoms with Crippen LogP contribution in [0.4, 0.5) is 32.4 Å². The Morgan fingerprint density at radius 2 is 1.33 bits per heavy atom. The molecule has 0 heterocycles. The number of anilines is 1. The van der Waals surface area contributed by atoms with Gasteiger partial charge in [0.25, 0.3) is 0 Å². The molecular weight excluding hydrogens is 387 g/mol. The SMILES string of the molecule is CC(C)[Si](O)(CCCCNC(=O)Nc1c(F)c(F)c(F)c(F)c1F)C(C)C. The van der Waals surface area contributed by atoms with Crippen LogP contribution in [0.2, 0.25) is 17.1 Å². The van der Waals surface area contributed by atoms with Gasteiger partial charge in [0.2, 0.25) is 5.82 Å². The van der Waals surface area contributed by atoms with Crippen LogP contribution in [-0.4, -0.2) is 25.7 Å². The summed E-state index contributed by atoms with van der Waals surface area (Å²) >= 11 is 0. The number of nitrogens with one attached hydrogen (secondary N) is 2. The fourth-order valence-corrected chi connectivity index (χ4v) is 6.16. The lowest BCUT2D eigenvalue weighted by Crippen LogP contribution is -2.41. The first-order valence-corrected chi connectivity index (χ1v) is 11.0. The maximum Gasteiger partial charge on any atom is 0.319 e. The molecule has 0 spiro atoms. The topological polar surface area (TPSA) is 61.4 Å². The molecule has 0 aliphatic rings. The lowest BCUT2D eigenvalue weighted by molar-refractivity contribution is 0.251. The van der Waals surface area contributed by atoms with Crippen molar-refractivity contribution in [1.82, 2.24) is 5.32 Å². The van der Waals surface area contributed by atoms with Crippen molar-refractivity contribution >= 4 is 20.0 Å². The summed E-state index contributed by atoms with van der Waals surface area (Å²) in [4.78, 5) is 22.4. The van der Waals surface area contributed by atoms with E-state index in [0.29, 0.717) is 18.9 Å². The van der Waals surface area contributed by atoms with E-state index in [1.54, 1.807) is 5.32 Å². The van der Waals surface area contributed by atoms with Crippen molar-refractivity contribution in [2.45, 2.75) is 57.7 Å². The molecule has 0 saturated carbocycles. The molecule has 0 atom stereocenters. The predicted molar refractivity (Wildman–Crippen MR) is 95.5 cm³/mol. The lowest BCUT2D eigenvalue weighted by atomic mass is 10.2. The molecule has 2 amide bonds. The zero-order chi connectivity index (χ0) is 20.9. The molecule has 1 aromatic carbocycles. The molecule has 0 fully saturated rings. The third-order valence-corrected chi connectivity index (χ3v) is 9.89. The maximum absolute atomic E-state index is 13.5. The Kier molecular flexibility index (Phi) is 8.21. The molecule has 0 saturated heterocycles. The number of carbonyl (C=O) groups is 1. The summed E-state index contributed by atoms with van der Waals surface area (Å²) in [6.07, 6.45) is 1.14. The summed E-state index contributed by atoms with van der Waals surface area (Å²) in [6.45, 7) is 8.02. The standard InChI is InChI=1S/C17H25F5N2O2Si/c1-9(2)27(26,10(3)4)8-6-5-7-23-17(25)24-16-14(21)12(19)11(18)13(20)15(16)22/h9-10,26H,5-8H2,1-4H3,(H2,23,24,25). The molecule has 0 bridgehead atoms. The van der Waals surface area contributed by atoms with Crippen LogP contribution < -0.4 is 10.6 Å². The van der Waals surface area contributed by atoms with Crippen LogP contribution in [0.1, 0.15) is 40.5 Å². The van der Waals surface area contributed by atoms with E-state index in [9.17, 15) is 31.5 Å². The van der Waals surface area contributed by atoms with Crippen LogP contribution in [0.15, 0.2) is 0 Å². The summed E-state index contributed by atoms with van der Waals surface area (Å²) in [5.41, 5.74) is -1.03. The molecule has 0 aliphatic carbocycles. The maximum atomic E-state index is 13.5. The number of unbranched alkanes of at least 4 members (excludes halogenated alkanes) is 1. The Bertz CT molecular complexity index is 649. The number of hydrogen-bond acceptors (Lipinski definition) is 2. The average Bonchev–Trinajstić information content (AvgIpc) is 2.61. The molecule has 0 aliphatic heterocycles. The fraction of sp³-hybridized carbons (Fsp3) is 0.588. The van der Waals surface area contributed by atoms with E-state index in [1.807, 2.05) is 27.7 Å². The first kappa shape index (κ1) is 23.4. The first-order chi connectivity index (χ1) is 12.4. The van der Waals surface area contributed by atoms with Crippen molar-refractivity contribution in [2.75, 3.05) is 11.9 Å². The largest absolute Gasteiger partial charge is 0.431 e. The van der Waals surface area contributed by atoms with E-state index >= 15 is 0 Å². The van der Waals surface area contributed by atoms with Gasteiger partial charge in [-0.05, 0) is 23.5 Å². The zero-order valence-electron chi connectivity index (χ0n) is 15.7. The van der Waals surface area contributed by atoms with Crippen LogP contribution in [0.25, 0.3) is 0 Å². The van der Waals surface area contributed by atoms with Gasteiger partial charge in [-0.2, -0.15) is 0 Å². The highest BCUT2D eigenvalue weighted by Gasteiger charge is 2.37. The smallest absolute Gasteiger partial charge is 0.319 e. The van der Waals surface area contributed by atoms with Gasteiger partial charge >= 0.3 is 6.03 Å². The number of halogens is 5. The summed E-state index contributed by atoms with van der Waals surface area (Å²) in [7, 11) is -2.42. The van der Waals surface area contributed by atoms with Crippen LogP contribution in [0.3, 0.4) is 0 Å². The lowest BCUT2D eigenvalue weighted by Gasteiger charge is -2.33. The minimum atomic E-state index is -2.42. The third-order valence-electron chi connectivity index (χ3n) is 4.74. The van der Waals surface area contributed by atoms with Gasteiger partial charge in [0.15, 0.2) is 31.6 Å². The van der Waals surface area contributed by atoms with E-state index in [2.05, 4.69) is 5.32 Å². The Morgan fingerprint density at radius 3 is 1.78 bits per heavy atom. The number of benzene rings is 1. The number of carbonyl (C=O) groups excluding carboxylic acids is 1. The van der Waals surface area contributed by atoms with Crippen LogP contribution >= 0.6 is 0 Å². The number of amides is 2. The summed E-state index contributed by atoms with van der Waals surface area (Å²) in [6, 6.07) is -0.443. The third kappa shape index (κ3) is 5.41. The highest BCUT2D eigenvalue weighted by molar-refractivity contribution is 6.75. The quantitative estimate of drug-likeness (QED) is 0.184. The molecule has 1 rings (SSSR count). The van der Waals surface area contributed by atoms with E-state index in [4.69, 9.17) is 0 Å². The number of rotatable bonds is 8. The zero-order valence-corrected chi connectivity index (χ0v) is 16.7. The number of urea groups is 1. The second kappa shape index (κ2) is 9.49. The highest BCUT2D eigenvalue weighted by Crippen LogP contribution is 2.34. The van der Waals surface area contributed by atoms with Gasteiger partial charge in [-0.15, -0.1) is 0 Å².